The van der Waals surface area contributed by atoms with E-state index in [0.717, 1.165) is 5.56 Å². The standard InChI is InChI=1S/C21H29N3O7/c22-6-7-28-8-9-29-10-11-30-12-13-31-17-3-1-2-15-14-24(21(27)19(15)17)16-4-5-18(25)23-20(16)26/h1-3,16H,4-14,22H2,(H,23,25,26). The molecule has 2 heterocycles. The predicted molar refractivity (Wildman–Crippen MR) is 109 cm³/mol. The average molecular weight is 435 g/mol. The van der Waals surface area contributed by atoms with E-state index in [1.165, 1.54) is 4.90 Å². The molecule has 1 saturated heterocycles. The number of hydrogen-bond acceptors (Lipinski definition) is 8. The number of imide groups is 1. The van der Waals surface area contributed by atoms with Crippen LogP contribution in [0.5, 0.6) is 5.75 Å². The van der Waals surface area contributed by atoms with Crippen LogP contribution in [0.3, 0.4) is 0 Å². The van der Waals surface area contributed by atoms with Crippen LogP contribution in [0.25, 0.3) is 0 Å². The maximum Gasteiger partial charge on any atom is 0.258 e. The Morgan fingerprint density at radius 1 is 0.968 bits per heavy atom. The molecule has 0 spiro atoms. The number of hydrogen-bond donors (Lipinski definition) is 2. The summed E-state index contributed by atoms with van der Waals surface area (Å²) in [6, 6.07) is 4.75. The number of ether oxygens (including phenoxy) is 4. The first-order chi connectivity index (χ1) is 15.1. The molecule has 0 aliphatic carbocycles. The number of rotatable bonds is 13. The number of nitrogens with one attached hydrogen (secondary N) is 1. The number of nitrogens with two attached hydrogens (primary N) is 1. The second kappa shape index (κ2) is 11.8. The summed E-state index contributed by atoms with van der Waals surface area (Å²) in [7, 11) is 0. The SMILES string of the molecule is NCCOCCOCCOCCOc1cccc2c1C(=O)N(C1CCC(=O)NC1=O)C2. The quantitative estimate of drug-likeness (QED) is 0.323. The number of carbonyl (C=O) groups excluding carboxylic acids is 3. The molecule has 1 fully saturated rings. The van der Waals surface area contributed by atoms with Gasteiger partial charge < -0.3 is 29.6 Å². The van der Waals surface area contributed by atoms with Crippen molar-refractivity contribution in [3.8, 4) is 5.75 Å². The van der Waals surface area contributed by atoms with Crippen LogP contribution in [-0.4, -0.2) is 81.5 Å². The van der Waals surface area contributed by atoms with Crippen molar-refractivity contribution in [3.05, 3.63) is 29.3 Å². The largest absolute Gasteiger partial charge is 0.490 e. The van der Waals surface area contributed by atoms with Crippen molar-refractivity contribution in [2.75, 3.05) is 52.8 Å². The predicted octanol–water partition coefficient (Wildman–Crippen LogP) is -0.165. The maximum atomic E-state index is 13.0. The van der Waals surface area contributed by atoms with Crippen LogP contribution >= 0.6 is 0 Å². The van der Waals surface area contributed by atoms with Gasteiger partial charge in [0.25, 0.3) is 5.91 Å². The third-order valence-electron chi connectivity index (χ3n) is 5.01. The van der Waals surface area contributed by atoms with E-state index < -0.39 is 11.9 Å². The Hall–Kier alpha value is -2.53. The molecule has 2 aliphatic heterocycles. The molecule has 0 radical (unpaired) electrons. The Morgan fingerprint density at radius 3 is 2.32 bits per heavy atom. The van der Waals surface area contributed by atoms with Crippen LogP contribution in [0.4, 0.5) is 0 Å². The Morgan fingerprint density at radius 2 is 1.65 bits per heavy atom. The summed E-state index contributed by atoms with van der Waals surface area (Å²) >= 11 is 0. The molecule has 3 N–H and O–H groups in total. The molecule has 0 bridgehead atoms. The van der Waals surface area contributed by atoms with Crippen LogP contribution in [0, 0.1) is 0 Å². The van der Waals surface area contributed by atoms with Crippen molar-refractivity contribution in [1.29, 1.82) is 0 Å². The number of amides is 3. The third-order valence-corrected chi connectivity index (χ3v) is 5.01. The van der Waals surface area contributed by atoms with Gasteiger partial charge in [-0.05, 0) is 18.1 Å². The lowest BCUT2D eigenvalue weighted by molar-refractivity contribution is -0.136. The summed E-state index contributed by atoms with van der Waals surface area (Å²) in [4.78, 5) is 38.0. The summed E-state index contributed by atoms with van der Waals surface area (Å²) in [5.41, 5.74) is 6.59. The Labute approximate surface area is 180 Å². The van der Waals surface area contributed by atoms with Gasteiger partial charge in [-0.15, -0.1) is 0 Å². The molecule has 1 unspecified atom stereocenters. The van der Waals surface area contributed by atoms with Crippen LogP contribution < -0.4 is 15.8 Å². The number of benzene rings is 1. The summed E-state index contributed by atoms with van der Waals surface area (Å²) < 4.78 is 21.8. The molecule has 10 heteroatoms. The second-order valence-corrected chi connectivity index (χ2v) is 7.16. The molecule has 2 aliphatic rings. The molecule has 1 atom stereocenters. The molecule has 170 valence electrons. The molecular formula is C21H29N3O7. The van der Waals surface area contributed by atoms with E-state index in [4.69, 9.17) is 24.7 Å². The molecule has 3 rings (SSSR count). The highest BCUT2D eigenvalue weighted by Crippen LogP contribution is 2.33. The second-order valence-electron chi connectivity index (χ2n) is 7.16. The minimum absolute atomic E-state index is 0.224. The summed E-state index contributed by atoms with van der Waals surface area (Å²) in [6.45, 7) is 3.83. The Kier molecular flexibility index (Phi) is 8.77. The fourth-order valence-corrected chi connectivity index (χ4v) is 3.54. The average Bonchev–Trinajstić information content (AvgIpc) is 3.09. The lowest BCUT2D eigenvalue weighted by Gasteiger charge is -2.29. The highest BCUT2D eigenvalue weighted by Gasteiger charge is 2.40. The molecule has 1 aromatic carbocycles. The molecule has 0 saturated carbocycles. The minimum Gasteiger partial charge on any atom is -0.490 e. The highest BCUT2D eigenvalue weighted by molar-refractivity contribution is 6.06. The molecule has 1 aromatic rings. The van der Waals surface area contributed by atoms with Gasteiger partial charge in [-0.1, -0.05) is 12.1 Å². The summed E-state index contributed by atoms with van der Waals surface area (Å²) in [6.07, 6.45) is 0.553. The van der Waals surface area contributed by atoms with Gasteiger partial charge in [-0.2, -0.15) is 0 Å². The van der Waals surface area contributed by atoms with Crippen molar-refractivity contribution in [1.82, 2.24) is 10.2 Å². The van der Waals surface area contributed by atoms with E-state index in [1.54, 1.807) is 6.07 Å². The van der Waals surface area contributed by atoms with E-state index >= 15 is 0 Å². The van der Waals surface area contributed by atoms with E-state index in [-0.39, 0.29) is 24.8 Å². The van der Waals surface area contributed by atoms with Crippen LogP contribution in [0.2, 0.25) is 0 Å². The zero-order valence-electron chi connectivity index (χ0n) is 17.5. The minimum atomic E-state index is -0.644. The van der Waals surface area contributed by atoms with E-state index in [0.29, 0.717) is 70.5 Å². The van der Waals surface area contributed by atoms with Gasteiger partial charge in [-0.3, -0.25) is 19.7 Å². The molecular weight excluding hydrogens is 406 g/mol. The fraction of sp³-hybridized carbons (Fsp3) is 0.571. The number of fused-ring (bicyclic) bond motifs is 1. The monoisotopic (exact) mass is 435 g/mol. The lowest BCUT2D eigenvalue weighted by atomic mass is 10.0. The van der Waals surface area contributed by atoms with Gasteiger partial charge in [0.2, 0.25) is 11.8 Å². The maximum absolute atomic E-state index is 13.0. The van der Waals surface area contributed by atoms with Gasteiger partial charge in [0.15, 0.2) is 0 Å². The molecule has 31 heavy (non-hydrogen) atoms. The highest BCUT2D eigenvalue weighted by atomic mass is 16.6. The fourth-order valence-electron chi connectivity index (χ4n) is 3.54. The van der Waals surface area contributed by atoms with Gasteiger partial charge in [0, 0.05) is 19.5 Å². The topological polar surface area (TPSA) is 129 Å². The molecule has 10 nitrogen and oxygen atoms in total. The van der Waals surface area contributed by atoms with Gasteiger partial charge in [-0.25, -0.2) is 0 Å². The summed E-state index contributed by atoms with van der Waals surface area (Å²) in [5, 5.41) is 2.30. The van der Waals surface area contributed by atoms with Crippen LogP contribution in [0.1, 0.15) is 28.8 Å². The van der Waals surface area contributed by atoms with Crippen molar-refractivity contribution in [2.45, 2.75) is 25.4 Å². The van der Waals surface area contributed by atoms with Gasteiger partial charge in [0.05, 0.1) is 45.2 Å². The Bertz CT molecular complexity index is 786. The smallest absolute Gasteiger partial charge is 0.258 e. The third kappa shape index (κ3) is 6.23. The van der Waals surface area contributed by atoms with Crippen molar-refractivity contribution in [3.63, 3.8) is 0 Å². The number of carbonyl (C=O) groups is 3. The zero-order chi connectivity index (χ0) is 22.1. The first-order valence-corrected chi connectivity index (χ1v) is 10.4. The number of piperidine rings is 1. The van der Waals surface area contributed by atoms with Crippen LogP contribution in [0.15, 0.2) is 18.2 Å². The zero-order valence-corrected chi connectivity index (χ0v) is 17.5. The van der Waals surface area contributed by atoms with Gasteiger partial charge in [0.1, 0.15) is 18.4 Å². The normalized spacial score (nSPS) is 18.3. The van der Waals surface area contributed by atoms with Crippen molar-refractivity contribution >= 4 is 17.7 Å². The van der Waals surface area contributed by atoms with E-state index in [2.05, 4.69) is 5.32 Å². The van der Waals surface area contributed by atoms with Crippen LogP contribution in [-0.2, 0) is 30.3 Å². The van der Waals surface area contributed by atoms with Gasteiger partial charge >= 0.3 is 0 Å². The van der Waals surface area contributed by atoms with E-state index in [9.17, 15) is 14.4 Å². The number of nitrogens with zero attached hydrogens (tertiary/aromatic N) is 1. The van der Waals surface area contributed by atoms with Crippen molar-refractivity contribution < 1.29 is 33.3 Å². The Balaban J connectivity index is 1.41. The van der Waals surface area contributed by atoms with E-state index in [1.807, 2.05) is 12.1 Å². The van der Waals surface area contributed by atoms with Crippen molar-refractivity contribution in [2.24, 2.45) is 5.73 Å². The lowest BCUT2D eigenvalue weighted by Crippen LogP contribution is -2.52. The first-order valence-electron chi connectivity index (χ1n) is 10.4. The molecule has 0 aromatic heterocycles. The summed E-state index contributed by atoms with van der Waals surface area (Å²) in [5.74, 6) is -0.526. The molecule has 3 amide bonds. The first kappa shape index (κ1) is 23.1.